The van der Waals surface area contributed by atoms with Gasteiger partial charge in [-0.05, 0) is 83.5 Å². The minimum atomic E-state index is -5.07. The number of aliphatic hydroxyl groups excluding tert-OH is 3. The molecule has 4 N–H and O–H groups in total. The topological polar surface area (TPSA) is 178 Å². The van der Waals surface area contributed by atoms with Crippen molar-refractivity contribution in [2.45, 2.75) is 224 Å². The summed E-state index contributed by atoms with van der Waals surface area (Å²) in [5.41, 5.74) is 0. The highest BCUT2D eigenvalue weighted by Crippen LogP contribution is 2.26. The van der Waals surface area contributed by atoms with E-state index in [1.807, 2.05) is 0 Å². The van der Waals surface area contributed by atoms with Crippen LogP contribution in [0.25, 0.3) is 0 Å². The number of allylic oxidation sites excluding steroid dienone is 14. The molecule has 0 aliphatic carbocycles. The van der Waals surface area contributed by atoms with Crippen molar-refractivity contribution >= 4 is 16.4 Å². The van der Waals surface area contributed by atoms with Gasteiger partial charge in [0, 0.05) is 13.0 Å². The predicted molar refractivity (Wildman–Crippen MR) is 271 cm³/mol. The van der Waals surface area contributed by atoms with Gasteiger partial charge in [-0.2, -0.15) is 8.42 Å². The quantitative estimate of drug-likeness (QED) is 0.0197. The first-order valence-corrected chi connectivity index (χ1v) is 27.2. The number of hydrogen-bond donors (Lipinski definition) is 4. The number of aliphatic hydroxyl groups is 3. The summed E-state index contributed by atoms with van der Waals surface area (Å²) in [4.78, 5) is 12.9. The van der Waals surface area contributed by atoms with Gasteiger partial charge in [0.1, 0.15) is 30.5 Å². The van der Waals surface area contributed by atoms with Crippen LogP contribution in [0.4, 0.5) is 0 Å². The molecule has 1 aliphatic heterocycles. The molecule has 0 amide bonds. The molecule has 0 aromatic carbocycles. The summed E-state index contributed by atoms with van der Waals surface area (Å²) >= 11 is 0. The first-order valence-electron chi connectivity index (χ1n) is 25.8. The first-order chi connectivity index (χ1) is 32.6. The molecule has 0 spiro atoms. The van der Waals surface area contributed by atoms with E-state index in [1.54, 1.807) is 0 Å². The van der Waals surface area contributed by atoms with Crippen LogP contribution < -0.4 is 0 Å². The Morgan fingerprint density at radius 2 is 1.03 bits per heavy atom. The van der Waals surface area contributed by atoms with E-state index >= 15 is 0 Å². The summed E-state index contributed by atoms with van der Waals surface area (Å²) in [7, 11) is -5.07. The lowest BCUT2D eigenvalue weighted by atomic mass is 9.99. The molecule has 0 saturated carbocycles. The van der Waals surface area contributed by atoms with E-state index < -0.39 is 59.8 Å². The van der Waals surface area contributed by atoms with E-state index in [4.69, 9.17) is 18.9 Å². The zero-order valence-electron chi connectivity index (χ0n) is 41.4. The Bertz CT molecular complexity index is 1490. The largest absolute Gasteiger partial charge is 0.457 e. The van der Waals surface area contributed by atoms with Crippen molar-refractivity contribution in [1.82, 2.24) is 0 Å². The standard InChI is InChI=1S/C54H92O12S/c1-3-5-7-9-11-13-15-17-19-20-21-22-23-24-25-26-27-28-29-31-33-35-37-39-41-43-50(56)64-48(47-63-54-52(58)53(66-67(59,60)61)51(57)49(45-55)65-54)46-62-44-42-40-38-36-34-32-30-18-16-14-12-10-8-6-4-2/h5,7,10-13,16-19,21-22,24-25,48-49,51-55,57-58H,3-4,6,8-9,14-15,20,23,26-47H2,1-2H3,(H,59,60,61)/b7-5-,12-10-,13-11-,18-16-,19-17-,22-21-,25-24-. The van der Waals surface area contributed by atoms with E-state index in [-0.39, 0.29) is 19.6 Å². The van der Waals surface area contributed by atoms with Gasteiger partial charge in [0.25, 0.3) is 0 Å². The lowest BCUT2D eigenvalue weighted by molar-refractivity contribution is -0.301. The van der Waals surface area contributed by atoms with Crippen molar-refractivity contribution in [2.75, 3.05) is 26.4 Å². The average molecular weight is 965 g/mol. The Hall–Kier alpha value is -2.72. The Morgan fingerprint density at radius 3 is 1.51 bits per heavy atom. The summed E-state index contributed by atoms with van der Waals surface area (Å²) < 4.78 is 59.2. The monoisotopic (exact) mass is 965 g/mol. The maximum absolute atomic E-state index is 12.9. The second-order valence-electron chi connectivity index (χ2n) is 17.4. The van der Waals surface area contributed by atoms with Crippen LogP contribution in [0.5, 0.6) is 0 Å². The van der Waals surface area contributed by atoms with E-state index in [0.717, 1.165) is 103 Å². The normalized spacial score (nSPS) is 20.1. The molecule has 386 valence electrons. The second kappa shape index (κ2) is 44.5. The van der Waals surface area contributed by atoms with E-state index in [1.165, 1.54) is 57.8 Å². The van der Waals surface area contributed by atoms with Gasteiger partial charge in [-0.3, -0.25) is 9.35 Å². The Kier molecular flexibility index (Phi) is 41.4. The van der Waals surface area contributed by atoms with Crippen molar-refractivity contribution in [3.8, 4) is 0 Å². The minimum absolute atomic E-state index is 0.0218. The summed E-state index contributed by atoms with van der Waals surface area (Å²) in [6.45, 7) is 3.80. The van der Waals surface area contributed by atoms with Gasteiger partial charge in [0.2, 0.25) is 0 Å². The third-order valence-electron chi connectivity index (χ3n) is 11.3. The van der Waals surface area contributed by atoms with Crippen molar-refractivity contribution in [3.05, 3.63) is 85.1 Å². The molecule has 0 radical (unpaired) electrons. The molecule has 12 nitrogen and oxygen atoms in total. The van der Waals surface area contributed by atoms with E-state index in [0.29, 0.717) is 13.0 Å². The molecular weight excluding hydrogens is 873 g/mol. The number of esters is 1. The molecule has 1 rings (SSSR count). The highest BCUT2D eigenvalue weighted by Gasteiger charge is 2.48. The van der Waals surface area contributed by atoms with Gasteiger partial charge >= 0.3 is 16.4 Å². The molecule has 0 aromatic rings. The summed E-state index contributed by atoms with van der Waals surface area (Å²) in [6, 6.07) is 0. The Balaban J connectivity index is 2.35. The molecule has 13 heteroatoms. The number of rotatable bonds is 44. The van der Waals surface area contributed by atoms with Gasteiger partial charge in [-0.25, -0.2) is 4.18 Å². The molecule has 1 aliphatic rings. The minimum Gasteiger partial charge on any atom is -0.457 e. The average Bonchev–Trinajstić information content (AvgIpc) is 3.30. The number of carbonyl (C=O) groups is 1. The lowest BCUT2D eigenvalue weighted by Gasteiger charge is -2.41. The molecular formula is C54H92O12S. The number of ether oxygens (including phenoxy) is 4. The molecule has 6 unspecified atom stereocenters. The Morgan fingerprint density at radius 1 is 0.582 bits per heavy atom. The fourth-order valence-electron chi connectivity index (χ4n) is 7.36. The maximum Gasteiger partial charge on any atom is 0.397 e. The SMILES string of the molecule is CC/C=C\C/C=C\C/C=C\C/C=C\C/C=C\CCCCCCCCCCCC(=O)OC(COCCCCCCCC/C=C\C/C=C\CCCC)COC1OC(CO)C(O)C(OS(=O)(=O)O)C1O. The van der Waals surface area contributed by atoms with Gasteiger partial charge < -0.3 is 34.3 Å². The van der Waals surface area contributed by atoms with Crippen LogP contribution in [-0.4, -0.2) is 97.5 Å². The molecule has 0 aromatic heterocycles. The lowest BCUT2D eigenvalue weighted by Crippen LogP contribution is -2.60. The van der Waals surface area contributed by atoms with Crippen LogP contribution in [0.3, 0.4) is 0 Å². The third-order valence-corrected chi connectivity index (χ3v) is 11.7. The van der Waals surface area contributed by atoms with Crippen LogP contribution in [0.1, 0.15) is 187 Å². The number of unbranched alkanes of at least 4 members (excludes halogenated alkanes) is 17. The van der Waals surface area contributed by atoms with Gasteiger partial charge in [0.15, 0.2) is 6.29 Å². The highest BCUT2D eigenvalue weighted by molar-refractivity contribution is 7.80. The zero-order chi connectivity index (χ0) is 48.9. The molecule has 1 saturated heterocycles. The van der Waals surface area contributed by atoms with Crippen molar-refractivity contribution < 1.29 is 56.2 Å². The molecule has 6 atom stereocenters. The summed E-state index contributed by atoms with van der Waals surface area (Å²) in [5, 5.41) is 30.8. The zero-order valence-corrected chi connectivity index (χ0v) is 42.2. The van der Waals surface area contributed by atoms with Crippen molar-refractivity contribution in [3.63, 3.8) is 0 Å². The fourth-order valence-corrected chi connectivity index (χ4v) is 7.87. The van der Waals surface area contributed by atoms with Gasteiger partial charge in [-0.15, -0.1) is 0 Å². The first kappa shape index (κ1) is 62.3. The molecule has 0 bridgehead atoms. The summed E-state index contributed by atoms with van der Waals surface area (Å²) in [5.74, 6) is -0.413. The van der Waals surface area contributed by atoms with Gasteiger partial charge in [-0.1, -0.05) is 182 Å². The van der Waals surface area contributed by atoms with Crippen LogP contribution in [0.15, 0.2) is 85.1 Å². The van der Waals surface area contributed by atoms with Crippen molar-refractivity contribution in [1.29, 1.82) is 0 Å². The van der Waals surface area contributed by atoms with Crippen molar-refractivity contribution in [2.24, 2.45) is 0 Å². The summed E-state index contributed by atoms with van der Waals surface area (Å²) in [6.07, 6.45) is 50.4. The van der Waals surface area contributed by atoms with E-state index in [2.05, 4.69) is 103 Å². The van der Waals surface area contributed by atoms with Gasteiger partial charge in [0.05, 0.1) is 19.8 Å². The fraction of sp³-hybridized carbons (Fsp3) is 0.722. The third kappa shape index (κ3) is 37.8. The van der Waals surface area contributed by atoms with Crippen LogP contribution in [-0.2, 0) is 38.3 Å². The number of hydrogen-bond acceptors (Lipinski definition) is 11. The molecule has 1 fully saturated rings. The molecule has 1 heterocycles. The Labute approximate surface area is 406 Å². The smallest absolute Gasteiger partial charge is 0.397 e. The van der Waals surface area contributed by atoms with Crippen LogP contribution in [0.2, 0.25) is 0 Å². The molecule has 67 heavy (non-hydrogen) atoms. The number of carbonyl (C=O) groups excluding carboxylic acids is 1. The van der Waals surface area contributed by atoms with E-state index in [9.17, 15) is 33.1 Å². The predicted octanol–water partition coefficient (Wildman–Crippen LogP) is 12.0. The maximum atomic E-state index is 12.9. The highest BCUT2D eigenvalue weighted by atomic mass is 32.3. The van der Waals surface area contributed by atoms with Crippen LogP contribution >= 0.6 is 0 Å². The van der Waals surface area contributed by atoms with Crippen LogP contribution in [0, 0.1) is 0 Å². The second-order valence-corrected chi connectivity index (χ2v) is 18.4.